The molecule has 0 bridgehead atoms. The Labute approximate surface area is 263 Å². The van der Waals surface area contributed by atoms with Crippen molar-refractivity contribution >= 4 is 23.9 Å². The average Bonchev–Trinajstić information content (AvgIpc) is 2.99. The van der Waals surface area contributed by atoms with E-state index in [9.17, 15) is 34.5 Å². The Hall–Kier alpha value is -3.41. The number of aromatic nitrogens is 1. The highest BCUT2D eigenvalue weighted by molar-refractivity contribution is 5.74. The fraction of sp³-hybridized carbons (Fsp3) is 0.690. The van der Waals surface area contributed by atoms with E-state index < -0.39 is 29.9 Å². The van der Waals surface area contributed by atoms with Crippen molar-refractivity contribution < 1.29 is 53.4 Å². The molecule has 1 saturated heterocycles. The Kier molecular flexibility index (Phi) is 17.9. The van der Waals surface area contributed by atoms with E-state index in [1.54, 1.807) is 37.9 Å². The first-order valence-electron chi connectivity index (χ1n) is 15.0. The number of methoxy groups -OCH3 is 1. The predicted octanol–water partition coefficient (Wildman–Crippen LogP) is -0.927. The topological polar surface area (TPSA) is 192 Å². The van der Waals surface area contributed by atoms with Gasteiger partial charge in [0.2, 0.25) is 5.88 Å². The van der Waals surface area contributed by atoms with Crippen molar-refractivity contribution in [3.63, 3.8) is 0 Å². The first-order valence-corrected chi connectivity index (χ1v) is 15.0. The van der Waals surface area contributed by atoms with Gasteiger partial charge in [-0.25, -0.2) is 4.98 Å². The van der Waals surface area contributed by atoms with Crippen LogP contribution in [0.15, 0.2) is 18.3 Å². The number of hydrogen-bond acceptors (Lipinski definition) is 13. The molecule has 0 radical (unpaired) electrons. The number of aliphatic carboxylic acids is 3. The minimum atomic E-state index is -1.05. The van der Waals surface area contributed by atoms with Crippen LogP contribution < -0.4 is 4.74 Å². The zero-order chi connectivity index (χ0) is 33.0. The zero-order valence-corrected chi connectivity index (χ0v) is 26.2. The Morgan fingerprint density at radius 2 is 1.31 bits per heavy atom. The van der Waals surface area contributed by atoms with E-state index in [4.69, 9.17) is 18.9 Å². The van der Waals surface area contributed by atoms with Gasteiger partial charge < -0.3 is 34.3 Å². The molecule has 16 nitrogen and oxygen atoms in total. The summed E-state index contributed by atoms with van der Waals surface area (Å²) >= 11 is 0. The van der Waals surface area contributed by atoms with Gasteiger partial charge in [-0.05, 0) is 12.5 Å². The lowest BCUT2D eigenvalue weighted by atomic mass is 10.1. The zero-order valence-electron chi connectivity index (χ0n) is 26.2. The molecule has 0 aliphatic carbocycles. The molecule has 45 heavy (non-hydrogen) atoms. The highest BCUT2D eigenvalue weighted by atomic mass is 16.5. The Bertz CT molecular complexity index is 1050. The maximum Gasteiger partial charge on any atom is 0.321 e. The molecule has 1 aliphatic heterocycles. The summed E-state index contributed by atoms with van der Waals surface area (Å²) in [4.78, 5) is 58.9. The number of carbonyl (C=O) groups is 4. The summed E-state index contributed by atoms with van der Waals surface area (Å²) in [5, 5.41) is 29.1. The normalized spacial score (nSPS) is 17.1. The number of hydrogen-bond donors (Lipinski definition) is 3. The van der Waals surface area contributed by atoms with Crippen LogP contribution in [0, 0.1) is 0 Å². The van der Waals surface area contributed by atoms with Crippen LogP contribution >= 0.6 is 0 Å². The molecule has 2 rings (SSSR count). The summed E-state index contributed by atoms with van der Waals surface area (Å²) in [7, 11) is 1.28. The minimum absolute atomic E-state index is 0.0446. The van der Waals surface area contributed by atoms with Gasteiger partial charge >= 0.3 is 23.9 Å². The molecule has 1 aliphatic rings. The number of carboxylic acids is 3. The third-order valence-electron chi connectivity index (χ3n) is 7.18. The van der Waals surface area contributed by atoms with Crippen molar-refractivity contribution in [2.45, 2.75) is 19.4 Å². The van der Waals surface area contributed by atoms with Crippen LogP contribution in [0.2, 0.25) is 0 Å². The molecule has 254 valence electrons. The number of rotatable bonds is 18. The molecule has 0 amide bonds. The van der Waals surface area contributed by atoms with Crippen molar-refractivity contribution in [2.75, 3.05) is 112 Å². The molecule has 2 heterocycles. The third-order valence-corrected chi connectivity index (χ3v) is 7.18. The highest BCUT2D eigenvalue weighted by Gasteiger charge is 2.28. The van der Waals surface area contributed by atoms with Crippen LogP contribution in [-0.4, -0.2) is 182 Å². The largest absolute Gasteiger partial charge is 0.480 e. The summed E-state index contributed by atoms with van der Waals surface area (Å²) in [5.74, 6) is -3.19. The second-order valence-corrected chi connectivity index (χ2v) is 10.4. The molecule has 1 aromatic rings. The molecule has 1 atom stereocenters. The van der Waals surface area contributed by atoms with Crippen molar-refractivity contribution in [2.24, 2.45) is 0 Å². The van der Waals surface area contributed by atoms with E-state index in [1.807, 2.05) is 6.92 Å². The van der Waals surface area contributed by atoms with Gasteiger partial charge in [-0.1, -0.05) is 6.07 Å². The number of esters is 1. The molecule has 16 heteroatoms. The monoisotopic (exact) mass is 641 g/mol. The predicted molar refractivity (Wildman–Crippen MR) is 160 cm³/mol. The summed E-state index contributed by atoms with van der Waals surface area (Å²) in [5.41, 5.74) is 0.673. The van der Waals surface area contributed by atoms with Gasteiger partial charge in [-0.15, -0.1) is 0 Å². The number of carbonyl (C=O) groups excluding carboxylic acids is 1. The maximum absolute atomic E-state index is 12.6. The molecule has 0 aromatic carbocycles. The quantitative estimate of drug-likeness (QED) is 0.131. The van der Waals surface area contributed by atoms with Gasteiger partial charge in [-0.2, -0.15) is 0 Å². The second kappa shape index (κ2) is 21.3. The molecule has 1 fully saturated rings. The lowest BCUT2D eigenvalue weighted by molar-refractivity contribution is -0.145. The van der Waals surface area contributed by atoms with Gasteiger partial charge in [0.05, 0.1) is 46.6 Å². The molecule has 0 spiro atoms. The molecule has 3 N–H and O–H groups in total. The van der Waals surface area contributed by atoms with Crippen molar-refractivity contribution in [1.29, 1.82) is 0 Å². The van der Waals surface area contributed by atoms with Crippen LogP contribution in [0.3, 0.4) is 0 Å². The first kappa shape index (κ1) is 37.8. The van der Waals surface area contributed by atoms with E-state index >= 15 is 0 Å². The summed E-state index contributed by atoms with van der Waals surface area (Å²) in [6.45, 7) is 5.86. The van der Waals surface area contributed by atoms with E-state index in [1.165, 1.54) is 7.11 Å². The smallest absolute Gasteiger partial charge is 0.321 e. The minimum Gasteiger partial charge on any atom is -0.480 e. The Balaban J connectivity index is 2.15. The first-order chi connectivity index (χ1) is 21.6. The van der Waals surface area contributed by atoms with E-state index in [-0.39, 0.29) is 58.8 Å². The van der Waals surface area contributed by atoms with Gasteiger partial charge in [0.1, 0.15) is 12.6 Å². The fourth-order valence-electron chi connectivity index (χ4n) is 4.75. The summed E-state index contributed by atoms with van der Waals surface area (Å²) in [6.07, 6.45) is 1.69. The molecular weight excluding hydrogens is 594 g/mol. The van der Waals surface area contributed by atoms with Crippen LogP contribution in [0.5, 0.6) is 5.88 Å². The summed E-state index contributed by atoms with van der Waals surface area (Å²) in [6, 6.07) is 2.46. The van der Waals surface area contributed by atoms with E-state index in [0.717, 1.165) is 0 Å². The van der Waals surface area contributed by atoms with E-state index in [0.29, 0.717) is 64.1 Å². The maximum atomic E-state index is 12.6. The van der Waals surface area contributed by atoms with Gasteiger partial charge in [0.15, 0.2) is 0 Å². The average molecular weight is 642 g/mol. The van der Waals surface area contributed by atoms with Crippen molar-refractivity contribution in [3.8, 4) is 5.88 Å². The fourth-order valence-corrected chi connectivity index (χ4v) is 4.75. The van der Waals surface area contributed by atoms with E-state index in [2.05, 4.69) is 4.98 Å². The SMILES string of the molecule is CCOCCOCCOc1ccc(CC(C(=O)O)N2CCN(CC(=O)O)CCN(CC(=O)O)CCN(CC(=O)OC)CC2)cn1. The van der Waals surface area contributed by atoms with Crippen LogP contribution in [-0.2, 0) is 39.8 Å². The second-order valence-electron chi connectivity index (χ2n) is 10.4. The Morgan fingerprint density at radius 1 is 0.778 bits per heavy atom. The third kappa shape index (κ3) is 15.9. The Morgan fingerprint density at radius 3 is 1.80 bits per heavy atom. The number of ether oxygens (including phenoxy) is 4. The molecule has 1 unspecified atom stereocenters. The van der Waals surface area contributed by atoms with Gasteiger partial charge in [0, 0.05) is 77.6 Å². The van der Waals surface area contributed by atoms with Crippen LogP contribution in [0.25, 0.3) is 0 Å². The number of nitrogens with zero attached hydrogens (tertiary/aromatic N) is 5. The lowest BCUT2D eigenvalue weighted by Gasteiger charge is -2.35. The highest BCUT2D eigenvalue weighted by Crippen LogP contribution is 2.14. The van der Waals surface area contributed by atoms with Crippen LogP contribution in [0.1, 0.15) is 12.5 Å². The molecular formula is C29H47N5O11. The standard InChI is InChI=1S/C29H47N5O11/c1-3-43-14-15-44-16-17-45-25-5-4-23(19-30-25)18-24(29(40)41)34-12-10-32(21-27(37)38)7-6-31(20-26(35)36)8-9-33(11-13-34)22-28(39)42-2/h4-5,19,24H,3,6-18,20-22H2,1-2H3,(H,35,36)(H,37,38)(H,40,41). The number of pyridine rings is 1. The lowest BCUT2D eigenvalue weighted by Crippen LogP contribution is -2.52. The van der Waals surface area contributed by atoms with Gasteiger partial charge in [0.25, 0.3) is 0 Å². The summed E-state index contributed by atoms with van der Waals surface area (Å²) < 4.78 is 21.1. The number of carboxylic acid groups (broad SMARTS) is 3. The van der Waals surface area contributed by atoms with Crippen molar-refractivity contribution in [1.82, 2.24) is 24.6 Å². The molecule has 0 saturated carbocycles. The van der Waals surface area contributed by atoms with Crippen molar-refractivity contribution in [3.05, 3.63) is 23.9 Å². The molecule has 1 aromatic heterocycles. The van der Waals surface area contributed by atoms with Crippen LogP contribution in [0.4, 0.5) is 0 Å². The van der Waals surface area contributed by atoms with Gasteiger partial charge in [-0.3, -0.25) is 38.8 Å².